The Balaban J connectivity index is 1.97. The van der Waals surface area contributed by atoms with Crippen molar-refractivity contribution in [3.63, 3.8) is 0 Å². The lowest BCUT2D eigenvalue weighted by Crippen LogP contribution is -2.25. The van der Waals surface area contributed by atoms with E-state index in [9.17, 15) is 9.59 Å². The smallest absolute Gasteiger partial charge is 0.264 e. The molecule has 6 heteroatoms. The highest BCUT2D eigenvalue weighted by atomic mass is 16.1. The van der Waals surface area contributed by atoms with Crippen LogP contribution in [0.1, 0.15) is 21.5 Å². The lowest BCUT2D eigenvalue weighted by atomic mass is 10.0. The number of benzene rings is 1. The van der Waals surface area contributed by atoms with E-state index in [-0.39, 0.29) is 17.9 Å². The summed E-state index contributed by atoms with van der Waals surface area (Å²) in [4.78, 5) is 29.0. The Morgan fingerprint density at radius 2 is 2.05 bits per heavy atom. The fourth-order valence-corrected chi connectivity index (χ4v) is 2.55. The maximum absolute atomic E-state index is 12.4. The second-order valence-electron chi connectivity index (χ2n) is 5.42. The zero-order valence-electron chi connectivity index (χ0n) is 12.7. The van der Waals surface area contributed by atoms with Gasteiger partial charge in [-0.15, -0.1) is 0 Å². The van der Waals surface area contributed by atoms with Crippen LogP contribution in [0.3, 0.4) is 0 Å². The summed E-state index contributed by atoms with van der Waals surface area (Å²) in [6, 6.07) is 5.65. The summed E-state index contributed by atoms with van der Waals surface area (Å²) in [7, 11) is 1.72. The zero-order valence-corrected chi connectivity index (χ0v) is 12.7. The average molecular weight is 296 g/mol. The molecule has 0 aliphatic rings. The molecule has 3 aromatic rings. The standard InChI is InChI=1S/C16H16N4O2/c1-10-4-5-12(11(2)6-10)14(21)8-20-9-17-15-13(16(20)22)7-18-19(15)3/h4-7,9H,8H2,1-3H3. The molecule has 3 rings (SSSR count). The first-order chi connectivity index (χ1) is 10.5. The molecule has 0 radical (unpaired) electrons. The molecule has 6 nitrogen and oxygen atoms in total. The first-order valence-electron chi connectivity index (χ1n) is 6.95. The minimum Gasteiger partial charge on any atom is -0.292 e. The molecule has 0 fully saturated rings. The van der Waals surface area contributed by atoms with Crippen molar-refractivity contribution in [1.29, 1.82) is 0 Å². The number of rotatable bonds is 3. The normalized spacial score (nSPS) is 11.0. The zero-order chi connectivity index (χ0) is 15.9. The largest absolute Gasteiger partial charge is 0.292 e. The van der Waals surface area contributed by atoms with Crippen molar-refractivity contribution in [3.8, 4) is 0 Å². The number of ketones is 1. The molecule has 0 bridgehead atoms. The van der Waals surface area contributed by atoms with Gasteiger partial charge in [0.15, 0.2) is 11.4 Å². The van der Waals surface area contributed by atoms with Gasteiger partial charge in [0.25, 0.3) is 5.56 Å². The number of aryl methyl sites for hydroxylation is 3. The van der Waals surface area contributed by atoms with Gasteiger partial charge in [0.1, 0.15) is 11.7 Å². The molecule has 22 heavy (non-hydrogen) atoms. The van der Waals surface area contributed by atoms with Crippen molar-refractivity contribution in [2.24, 2.45) is 7.05 Å². The summed E-state index contributed by atoms with van der Waals surface area (Å²) in [5.74, 6) is -0.107. The van der Waals surface area contributed by atoms with E-state index >= 15 is 0 Å². The van der Waals surface area contributed by atoms with Crippen molar-refractivity contribution >= 4 is 16.8 Å². The summed E-state index contributed by atoms with van der Waals surface area (Å²) >= 11 is 0. The van der Waals surface area contributed by atoms with Gasteiger partial charge in [0, 0.05) is 12.6 Å². The molecule has 0 spiro atoms. The molecule has 0 atom stereocenters. The highest BCUT2D eigenvalue weighted by molar-refractivity contribution is 5.97. The van der Waals surface area contributed by atoms with E-state index in [1.807, 2.05) is 26.0 Å². The number of hydrogen-bond acceptors (Lipinski definition) is 4. The van der Waals surface area contributed by atoms with Crippen LogP contribution < -0.4 is 5.56 Å². The van der Waals surface area contributed by atoms with E-state index in [1.54, 1.807) is 13.1 Å². The van der Waals surface area contributed by atoms with Crippen molar-refractivity contribution in [2.45, 2.75) is 20.4 Å². The summed E-state index contributed by atoms with van der Waals surface area (Å²) in [6.45, 7) is 3.85. The lowest BCUT2D eigenvalue weighted by Gasteiger charge is -2.08. The first-order valence-corrected chi connectivity index (χ1v) is 6.95. The second-order valence-corrected chi connectivity index (χ2v) is 5.42. The summed E-state index contributed by atoms with van der Waals surface area (Å²) < 4.78 is 2.86. The van der Waals surface area contributed by atoms with E-state index < -0.39 is 0 Å². The molecule has 1 aromatic carbocycles. The molecule has 0 saturated heterocycles. The van der Waals surface area contributed by atoms with Crippen molar-refractivity contribution in [3.05, 3.63) is 57.8 Å². The van der Waals surface area contributed by atoms with Crippen LogP contribution in [0.4, 0.5) is 0 Å². The molecular weight excluding hydrogens is 280 g/mol. The van der Waals surface area contributed by atoms with Crippen LogP contribution in [-0.2, 0) is 13.6 Å². The Kier molecular flexibility index (Phi) is 3.36. The first kappa shape index (κ1) is 14.2. The molecule has 0 aliphatic carbocycles. The van der Waals surface area contributed by atoms with Gasteiger partial charge < -0.3 is 0 Å². The topological polar surface area (TPSA) is 69.8 Å². The van der Waals surface area contributed by atoms with Crippen LogP contribution in [0.25, 0.3) is 11.0 Å². The molecule has 0 aliphatic heterocycles. The molecule has 0 saturated carbocycles. The third kappa shape index (κ3) is 2.32. The fraction of sp³-hybridized carbons (Fsp3) is 0.250. The van der Waals surface area contributed by atoms with Gasteiger partial charge in [-0.3, -0.25) is 18.8 Å². The second kappa shape index (κ2) is 5.22. The lowest BCUT2D eigenvalue weighted by molar-refractivity contribution is 0.0970. The van der Waals surface area contributed by atoms with Crippen LogP contribution in [-0.4, -0.2) is 25.1 Å². The van der Waals surface area contributed by atoms with Crippen LogP contribution in [0, 0.1) is 13.8 Å². The van der Waals surface area contributed by atoms with Gasteiger partial charge in [-0.2, -0.15) is 5.10 Å². The van der Waals surface area contributed by atoms with Gasteiger partial charge in [0.05, 0.1) is 12.7 Å². The van der Waals surface area contributed by atoms with E-state index in [1.165, 1.54) is 21.8 Å². The molecule has 112 valence electrons. The highest BCUT2D eigenvalue weighted by Crippen LogP contribution is 2.12. The predicted octanol–water partition coefficient (Wildman–Crippen LogP) is 1.63. The SMILES string of the molecule is Cc1ccc(C(=O)Cn2cnc3c(cnn3C)c2=O)c(C)c1. The minimum absolute atomic E-state index is 0.0272. The molecule has 0 unspecified atom stereocenters. The molecule has 2 aromatic heterocycles. The summed E-state index contributed by atoms with van der Waals surface area (Å²) in [5.41, 5.74) is 2.90. The van der Waals surface area contributed by atoms with Crippen LogP contribution in [0.5, 0.6) is 0 Å². The van der Waals surface area contributed by atoms with E-state index in [4.69, 9.17) is 0 Å². The van der Waals surface area contributed by atoms with Gasteiger partial charge in [-0.1, -0.05) is 23.8 Å². The quantitative estimate of drug-likeness (QED) is 0.689. The number of Topliss-reactive ketones (excluding diaryl/α,β-unsaturated/α-hetero) is 1. The molecule has 0 amide bonds. The number of carbonyl (C=O) groups excluding carboxylic acids is 1. The highest BCUT2D eigenvalue weighted by Gasteiger charge is 2.13. The summed E-state index contributed by atoms with van der Waals surface area (Å²) in [6.07, 6.45) is 2.87. The summed E-state index contributed by atoms with van der Waals surface area (Å²) in [5, 5.41) is 4.43. The van der Waals surface area contributed by atoms with Gasteiger partial charge in [-0.25, -0.2) is 4.98 Å². The molecule has 2 heterocycles. The van der Waals surface area contributed by atoms with Crippen molar-refractivity contribution in [2.75, 3.05) is 0 Å². The maximum atomic E-state index is 12.4. The van der Waals surface area contributed by atoms with E-state index in [0.717, 1.165) is 11.1 Å². The number of carbonyl (C=O) groups is 1. The average Bonchev–Trinajstić information content (AvgIpc) is 2.84. The number of hydrogen-bond donors (Lipinski definition) is 0. The molecular formula is C16H16N4O2. The number of fused-ring (bicyclic) bond motifs is 1. The van der Waals surface area contributed by atoms with Gasteiger partial charge in [-0.05, 0) is 19.4 Å². The van der Waals surface area contributed by atoms with Gasteiger partial charge in [0.2, 0.25) is 0 Å². The Morgan fingerprint density at radius 3 is 2.77 bits per heavy atom. The number of nitrogens with zero attached hydrogens (tertiary/aromatic N) is 4. The monoisotopic (exact) mass is 296 g/mol. The predicted molar refractivity (Wildman–Crippen MR) is 83.0 cm³/mol. The minimum atomic E-state index is -0.254. The van der Waals surface area contributed by atoms with Crippen molar-refractivity contribution in [1.82, 2.24) is 19.3 Å². The van der Waals surface area contributed by atoms with Crippen LogP contribution in [0.2, 0.25) is 0 Å². The van der Waals surface area contributed by atoms with Gasteiger partial charge >= 0.3 is 0 Å². The van der Waals surface area contributed by atoms with Crippen LogP contribution in [0.15, 0.2) is 35.5 Å². The Labute approximate surface area is 127 Å². The van der Waals surface area contributed by atoms with Crippen molar-refractivity contribution < 1.29 is 4.79 Å². The fourth-order valence-electron chi connectivity index (χ4n) is 2.55. The molecule has 0 N–H and O–H groups in total. The third-order valence-electron chi connectivity index (χ3n) is 3.71. The third-order valence-corrected chi connectivity index (χ3v) is 3.71. The van der Waals surface area contributed by atoms with Crippen LogP contribution >= 0.6 is 0 Å². The van der Waals surface area contributed by atoms with E-state index in [2.05, 4.69) is 10.1 Å². The Bertz CT molecular complexity index is 937. The Morgan fingerprint density at radius 1 is 1.27 bits per heavy atom. The maximum Gasteiger partial charge on any atom is 0.264 e. The Hall–Kier alpha value is -2.76. The number of aromatic nitrogens is 4. The van der Waals surface area contributed by atoms with E-state index in [0.29, 0.717) is 16.6 Å².